The van der Waals surface area contributed by atoms with Crippen LogP contribution in [-0.4, -0.2) is 24.8 Å². The molecule has 1 saturated carbocycles. The normalized spacial score (nSPS) is 16.1. The molecule has 0 heterocycles. The number of amides is 1. The Morgan fingerprint density at radius 3 is 2.73 bits per heavy atom. The minimum atomic E-state index is -0.278. The molecule has 0 spiro atoms. The van der Waals surface area contributed by atoms with Crippen molar-refractivity contribution in [1.82, 2.24) is 5.32 Å². The summed E-state index contributed by atoms with van der Waals surface area (Å²) in [7, 11) is 1.57. The van der Waals surface area contributed by atoms with Crippen molar-refractivity contribution < 1.29 is 13.9 Å². The highest BCUT2D eigenvalue weighted by atomic mass is 32.2. The molecule has 0 bridgehead atoms. The molecule has 1 aromatic carbocycles. The van der Waals surface area contributed by atoms with Crippen molar-refractivity contribution in [2.24, 2.45) is 0 Å². The minimum Gasteiger partial charge on any atom is -0.496 e. The van der Waals surface area contributed by atoms with E-state index >= 15 is 0 Å². The van der Waals surface area contributed by atoms with Gasteiger partial charge in [-0.05, 0) is 31.0 Å². The summed E-state index contributed by atoms with van der Waals surface area (Å²) in [6.07, 6.45) is 7.15. The monoisotopic (exact) mass is 325 g/mol. The van der Waals surface area contributed by atoms with Gasteiger partial charge in [0, 0.05) is 17.4 Å². The highest BCUT2D eigenvalue weighted by molar-refractivity contribution is 7.99. The van der Waals surface area contributed by atoms with Gasteiger partial charge in [-0.3, -0.25) is 4.79 Å². The van der Waals surface area contributed by atoms with E-state index < -0.39 is 0 Å². The Balaban J connectivity index is 1.75. The van der Waals surface area contributed by atoms with Gasteiger partial charge in [0.1, 0.15) is 11.6 Å². The van der Waals surface area contributed by atoms with E-state index in [9.17, 15) is 9.18 Å². The maximum atomic E-state index is 13.3. The topological polar surface area (TPSA) is 38.3 Å². The molecule has 1 aromatic rings. The lowest BCUT2D eigenvalue weighted by Gasteiger charge is -2.16. The van der Waals surface area contributed by atoms with Crippen LogP contribution in [0.15, 0.2) is 18.2 Å². The van der Waals surface area contributed by atoms with Gasteiger partial charge in [-0.15, -0.1) is 11.8 Å². The number of ether oxygens (including phenoxy) is 1. The van der Waals surface area contributed by atoms with Crippen molar-refractivity contribution in [2.45, 2.75) is 50.3 Å². The first-order chi connectivity index (χ1) is 10.7. The highest BCUT2D eigenvalue weighted by Crippen LogP contribution is 2.24. The molecule has 2 rings (SSSR count). The van der Waals surface area contributed by atoms with E-state index in [1.54, 1.807) is 13.2 Å². The molecule has 0 aliphatic heterocycles. The molecule has 122 valence electrons. The van der Waals surface area contributed by atoms with E-state index in [0.717, 1.165) is 18.4 Å². The molecule has 22 heavy (non-hydrogen) atoms. The molecule has 3 nitrogen and oxygen atoms in total. The van der Waals surface area contributed by atoms with Crippen LogP contribution in [0.1, 0.15) is 44.1 Å². The minimum absolute atomic E-state index is 0.0762. The summed E-state index contributed by atoms with van der Waals surface area (Å²) in [6.45, 7) is 0. The average Bonchev–Trinajstić information content (AvgIpc) is 2.76. The average molecular weight is 325 g/mol. The maximum Gasteiger partial charge on any atom is 0.230 e. The van der Waals surface area contributed by atoms with Gasteiger partial charge >= 0.3 is 0 Å². The van der Waals surface area contributed by atoms with E-state index in [1.165, 1.54) is 49.6 Å². The van der Waals surface area contributed by atoms with Gasteiger partial charge in [-0.1, -0.05) is 25.7 Å². The lowest BCUT2D eigenvalue weighted by atomic mass is 10.1. The number of hydrogen-bond donors (Lipinski definition) is 1. The molecular weight excluding hydrogens is 301 g/mol. The molecule has 1 N–H and O–H groups in total. The standard InChI is InChI=1S/C17H24FNO2S/c1-21-16-9-8-14(18)10-13(16)11-22-12-17(20)19-15-6-4-2-3-5-7-15/h8-10,15H,2-7,11-12H2,1H3,(H,19,20). The molecule has 0 unspecified atom stereocenters. The summed E-state index contributed by atoms with van der Waals surface area (Å²) in [6, 6.07) is 4.80. The van der Waals surface area contributed by atoms with Gasteiger partial charge in [0.25, 0.3) is 0 Å². The van der Waals surface area contributed by atoms with Crippen LogP contribution in [-0.2, 0) is 10.5 Å². The number of benzene rings is 1. The Morgan fingerprint density at radius 1 is 1.32 bits per heavy atom. The summed E-state index contributed by atoms with van der Waals surface area (Å²) < 4.78 is 18.5. The molecule has 0 saturated heterocycles. The molecule has 0 atom stereocenters. The second-order valence-electron chi connectivity index (χ2n) is 5.70. The zero-order valence-corrected chi connectivity index (χ0v) is 13.9. The second kappa shape index (κ2) is 9.03. The van der Waals surface area contributed by atoms with Gasteiger partial charge in [-0.25, -0.2) is 4.39 Å². The van der Waals surface area contributed by atoms with Crippen molar-refractivity contribution in [2.75, 3.05) is 12.9 Å². The zero-order chi connectivity index (χ0) is 15.8. The first kappa shape index (κ1) is 17.1. The largest absolute Gasteiger partial charge is 0.496 e. The number of halogens is 1. The van der Waals surface area contributed by atoms with Crippen LogP contribution < -0.4 is 10.1 Å². The third kappa shape index (κ3) is 5.52. The number of nitrogens with one attached hydrogen (secondary N) is 1. The summed E-state index contributed by atoms with van der Waals surface area (Å²) in [5.41, 5.74) is 0.787. The fourth-order valence-electron chi connectivity index (χ4n) is 2.81. The Labute approximate surface area is 136 Å². The third-order valence-electron chi connectivity index (χ3n) is 3.95. The molecule has 1 aliphatic carbocycles. The van der Waals surface area contributed by atoms with E-state index in [0.29, 0.717) is 23.3 Å². The fourth-order valence-corrected chi connectivity index (χ4v) is 3.62. The smallest absolute Gasteiger partial charge is 0.230 e. The van der Waals surface area contributed by atoms with Crippen LogP contribution in [0, 0.1) is 5.82 Å². The van der Waals surface area contributed by atoms with Gasteiger partial charge in [-0.2, -0.15) is 0 Å². The molecular formula is C17H24FNO2S. The van der Waals surface area contributed by atoms with Gasteiger partial charge in [0.05, 0.1) is 12.9 Å². The summed E-state index contributed by atoms with van der Waals surface area (Å²) in [5, 5.41) is 3.12. The predicted octanol–water partition coefficient (Wildman–Crippen LogP) is 3.91. The molecule has 1 amide bonds. The fraction of sp³-hybridized carbons (Fsp3) is 0.588. The summed E-state index contributed by atoms with van der Waals surface area (Å²) in [4.78, 5) is 12.0. The van der Waals surface area contributed by atoms with E-state index in [4.69, 9.17) is 4.74 Å². The van der Waals surface area contributed by atoms with E-state index in [1.807, 2.05) is 0 Å². The van der Waals surface area contributed by atoms with Crippen molar-refractivity contribution in [3.63, 3.8) is 0 Å². The van der Waals surface area contributed by atoms with Gasteiger partial charge < -0.3 is 10.1 Å². The Kier molecular flexibility index (Phi) is 7.03. The number of carbonyl (C=O) groups is 1. The molecule has 1 fully saturated rings. The Morgan fingerprint density at radius 2 is 2.05 bits per heavy atom. The summed E-state index contributed by atoms with van der Waals surface area (Å²) in [5.74, 6) is 1.43. The first-order valence-corrected chi connectivity index (χ1v) is 9.04. The van der Waals surface area contributed by atoms with Crippen molar-refractivity contribution in [3.8, 4) is 5.75 Å². The molecule has 1 aliphatic rings. The van der Waals surface area contributed by atoms with Crippen LogP contribution in [0.5, 0.6) is 5.75 Å². The lowest BCUT2D eigenvalue weighted by molar-refractivity contribution is -0.119. The predicted molar refractivity (Wildman–Crippen MR) is 88.7 cm³/mol. The van der Waals surface area contributed by atoms with Crippen LogP contribution in [0.25, 0.3) is 0 Å². The number of hydrogen-bond acceptors (Lipinski definition) is 3. The Hall–Kier alpha value is -1.23. The number of methoxy groups -OCH3 is 1. The number of thioether (sulfide) groups is 1. The van der Waals surface area contributed by atoms with Crippen LogP contribution in [0.2, 0.25) is 0 Å². The molecule has 5 heteroatoms. The van der Waals surface area contributed by atoms with Crippen LogP contribution >= 0.6 is 11.8 Å². The van der Waals surface area contributed by atoms with Crippen LogP contribution in [0.3, 0.4) is 0 Å². The van der Waals surface area contributed by atoms with Gasteiger partial charge in [0.15, 0.2) is 0 Å². The van der Waals surface area contributed by atoms with Crippen molar-refractivity contribution >= 4 is 17.7 Å². The number of carbonyl (C=O) groups excluding carboxylic acids is 1. The van der Waals surface area contributed by atoms with Crippen molar-refractivity contribution in [3.05, 3.63) is 29.6 Å². The van der Waals surface area contributed by atoms with Crippen LogP contribution in [0.4, 0.5) is 4.39 Å². The Bertz CT molecular complexity index is 488. The third-order valence-corrected chi connectivity index (χ3v) is 4.93. The van der Waals surface area contributed by atoms with E-state index in [2.05, 4.69) is 5.32 Å². The molecule has 0 aromatic heterocycles. The second-order valence-corrected chi connectivity index (χ2v) is 6.69. The van der Waals surface area contributed by atoms with Crippen molar-refractivity contribution in [1.29, 1.82) is 0 Å². The first-order valence-electron chi connectivity index (χ1n) is 7.88. The SMILES string of the molecule is COc1ccc(F)cc1CSCC(=O)NC1CCCCCC1. The lowest BCUT2D eigenvalue weighted by Crippen LogP contribution is -2.35. The highest BCUT2D eigenvalue weighted by Gasteiger charge is 2.14. The quantitative estimate of drug-likeness (QED) is 0.806. The maximum absolute atomic E-state index is 13.3. The van der Waals surface area contributed by atoms with E-state index in [-0.39, 0.29) is 11.7 Å². The number of rotatable bonds is 6. The van der Waals surface area contributed by atoms with Gasteiger partial charge in [0.2, 0.25) is 5.91 Å². The zero-order valence-electron chi connectivity index (χ0n) is 13.1. The summed E-state index contributed by atoms with van der Waals surface area (Å²) >= 11 is 1.49. The molecule has 0 radical (unpaired) electrons.